The molecule has 10 nitrogen and oxygen atoms in total. The van der Waals surface area contributed by atoms with Crippen LogP contribution in [0.4, 0.5) is 0 Å². The molecule has 0 fully saturated rings. The number of carbonyl (C=O) groups excluding carboxylic acids is 3. The molecule has 0 aliphatic rings. The molecule has 1 atom stereocenters. The Bertz CT molecular complexity index is 1350. The summed E-state index contributed by atoms with van der Waals surface area (Å²) in [6.45, 7) is 2.05. The Morgan fingerprint density at radius 1 is 0.833 bits per heavy atom. The van der Waals surface area contributed by atoms with Crippen molar-refractivity contribution < 1.29 is 120 Å². The standard InChI is InChI=1S/C27H25O8P.C2H5NO.2Na.13H2/c1-3-5-7-9-11-12-13-14-15-16-18-19-21-26(28)33-23-25(24-34-36(30,31)32)35-27(29)22-20-17-10-8-6-4-2;1-2(3)4;;;;;;;;;;;;;;;/h1,25H,4,6,8,10,17,20,22-24H2,2H3,(H2,30,31,32);1H3,(H2,3,4);;;13*1H/q;;2*+1;;;;;;;;;;;;;/p-2/t25-;;;;;;;;;;;;;;;;/m0................/s1. The maximum absolute atomic E-state index is 12.0. The number of primary amides is 1. The Kier molecular flexibility index (Phi) is 36.4. The zero-order chi connectivity index (χ0) is 30.5. The van der Waals surface area contributed by atoms with Crippen LogP contribution in [0.1, 0.15) is 77.3 Å². The first-order valence-corrected chi connectivity index (χ1v) is 13.2. The fraction of sp³-hybridized carbons (Fsp3) is 0.414. The van der Waals surface area contributed by atoms with Crippen molar-refractivity contribution in [1.82, 2.24) is 0 Å². The van der Waals surface area contributed by atoms with Gasteiger partial charge < -0.3 is 34.1 Å². The van der Waals surface area contributed by atoms with Gasteiger partial charge in [-0.2, -0.15) is 0 Å². The minimum Gasteiger partial charge on any atom is -0.790 e. The fourth-order valence-corrected chi connectivity index (χ4v) is 2.54. The van der Waals surface area contributed by atoms with E-state index in [1.807, 2.05) is 0 Å². The van der Waals surface area contributed by atoms with Crippen LogP contribution in [0.15, 0.2) is 0 Å². The zero-order valence-corrected chi connectivity index (χ0v) is 29.1. The van der Waals surface area contributed by atoms with Crippen molar-refractivity contribution >= 4 is 25.7 Å². The molecule has 0 aliphatic heterocycles. The largest absolute Gasteiger partial charge is 1.00 e. The summed E-state index contributed by atoms with van der Waals surface area (Å²) in [5.41, 5.74) is 4.47. The Morgan fingerprint density at radius 2 is 1.29 bits per heavy atom. The topological polar surface area (TPSA) is 168 Å². The van der Waals surface area contributed by atoms with Crippen molar-refractivity contribution in [2.24, 2.45) is 5.73 Å². The summed E-state index contributed by atoms with van der Waals surface area (Å²) in [5, 5.41) is 0. The molecule has 0 aromatic carbocycles. The van der Waals surface area contributed by atoms with Crippen LogP contribution in [0, 0.1) is 83.4 Å². The van der Waals surface area contributed by atoms with Gasteiger partial charge in [0.15, 0.2) is 6.10 Å². The van der Waals surface area contributed by atoms with Crippen molar-refractivity contribution in [2.75, 3.05) is 13.2 Å². The molecule has 0 saturated heterocycles. The molecule has 0 bridgehead atoms. The van der Waals surface area contributed by atoms with Gasteiger partial charge in [0.25, 0.3) is 0 Å². The Balaban J connectivity index is -0.0000000482. The van der Waals surface area contributed by atoms with Gasteiger partial charge in [0.1, 0.15) is 6.61 Å². The van der Waals surface area contributed by atoms with Gasteiger partial charge in [-0.05, 0) is 77.5 Å². The number of carbonyl (C=O) groups is 3. The third kappa shape index (κ3) is 41.9. The smallest absolute Gasteiger partial charge is 0.790 e. The van der Waals surface area contributed by atoms with E-state index in [-0.39, 0.29) is 90.0 Å². The summed E-state index contributed by atoms with van der Waals surface area (Å²) in [7, 11) is -5.31. The molecular weight excluding hydrogens is 583 g/mol. The van der Waals surface area contributed by atoms with Crippen LogP contribution in [0.25, 0.3) is 0 Å². The summed E-state index contributed by atoms with van der Waals surface area (Å²) < 4.78 is 24.7. The van der Waals surface area contributed by atoms with Crippen LogP contribution in [-0.2, 0) is 32.9 Å². The number of nitrogens with two attached hydrogens (primary N) is 1. The Hall–Kier alpha value is -2.56. The Morgan fingerprint density at radius 3 is 1.76 bits per heavy atom. The molecule has 13 heteroatoms. The van der Waals surface area contributed by atoms with E-state index in [0.717, 1.165) is 32.1 Å². The molecular formula is C29H54NNa2O9P. The predicted molar refractivity (Wildman–Crippen MR) is 170 cm³/mol. The summed E-state index contributed by atoms with van der Waals surface area (Å²) in [4.78, 5) is 54.3. The van der Waals surface area contributed by atoms with Gasteiger partial charge in [0.05, 0.1) is 14.4 Å². The van der Waals surface area contributed by atoms with Crippen LogP contribution in [0.2, 0.25) is 0 Å². The molecule has 0 aliphatic carbocycles. The quantitative estimate of drug-likeness (QED) is 0.0568. The van der Waals surface area contributed by atoms with Crippen molar-refractivity contribution in [1.29, 1.82) is 0 Å². The number of esters is 2. The van der Waals surface area contributed by atoms with Crippen molar-refractivity contribution in [2.45, 2.75) is 64.9 Å². The summed E-state index contributed by atoms with van der Waals surface area (Å²) in [5.74, 6) is 27.9. The first-order chi connectivity index (χ1) is 19.0. The minimum atomic E-state index is -5.31. The SMILES string of the molecule is C#CC#CC#CC#CC#CC#CC#CC(=O)OC[C@@H](COP(=O)([O-])[O-])OC(=O)CCCCCCCC.CC(N)=O.[HH].[HH].[HH].[HH].[HH].[HH].[HH].[HH].[HH].[HH].[HH].[HH].[HH].[Na+].[Na+]. The van der Waals surface area contributed by atoms with Crippen molar-refractivity contribution in [3.05, 3.63) is 0 Å². The van der Waals surface area contributed by atoms with Crippen LogP contribution >= 0.6 is 7.82 Å². The van der Waals surface area contributed by atoms with E-state index in [4.69, 9.17) is 15.9 Å². The Labute approximate surface area is 311 Å². The molecule has 0 saturated carbocycles. The number of hydrogen-bond acceptors (Lipinski definition) is 9. The van der Waals surface area contributed by atoms with Crippen LogP contribution in [-0.4, -0.2) is 37.2 Å². The molecule has 1 amide bonds. The van der Waals surface area contributed by atoms with E-state index in [1.165, 1.54) is 6.92 Å². The molecule has 0 heterocycles. The van der Waals surface area contributed by atoms with Crippen LogP contribution in [0.5, 0.6) is 0 Å². The van der Waals surface area contributed by atoms with E-state index in [9.17, 15) is 28.7 Å². The van der Waals surface area contributed by atoms with Gasteiger partial charge in [-0.15, -0.1) is 6.42 Å². The second-order valence-electron chi connectivity index (χ2n) is 7.23. The first-order valence-electron chi connectivity index (χ1n) is 11.8. The summed E-state index contributed by atoms with van der Waals surface area (Å²) in [6.07, 6.45) is 9.42. The van der Waals surface area contributed by atoms with Gasteiger partial charge >= 0.3 is 71.1 Å². The van der Waals surface area contributed by atoms with Crippen LogP contribution < -0.4 is 74.6 Å². The normalized spacial score (nSPS) is 8.74. The van der Waals surface area contributed by atoms with E-state index >= 15 is 0 Å². The first kappa shape index (κ1) is 46.4. The summed E-state index contributed by atoms with van der Waals surface area (Å²) in [6, 6.07) is 0. The van der Waals surface area contributed by atoms with Gasteiger partial charge in [-0.1, -0.05) is 39.0 Å². The second kappa shape index (κ2) is 32.9. The average molecular weight is 638 g/mol. The summed E-state index contributed by atoms with van der Waals surface area (Å²) >= 11 is 0. The molecule has 0 unspecified atom stereocenters. The van der Waals surface area contributed by atoms with Crippen LogP contribution in [0.3, 0.4) is 0 Å². The number of amides is 1. The maximum Gasteiger partial charge on any atom is 1.00 e. The molecule has 0 aromatic rings. The molecule has 236 valence electrons. The fourth-order valence-electron chi connectivity index (χ4n) is 2.19. The molecule has 0 rings (SSSR count). The van der Waals surface area contributed by atoms with Gasteiger partial charge in [-0.25, -0.2) is 4.79 Å². The number of ether oxygens (including phenoxy) is 2. The van der Waals surface area contributed by atoms with E-state index in [2.05, 4.69) is 94.1 Å². The number of terminal acetylenes is 1. The third-order valence-corrected chi connectivity index (χ3v) is 4.18. The van der Waals surface area contributed by atoms with E-state index in [0.29, 0.717) is 6.42 Å². The molecule has 0 radical (unpaired) electrons. The van der Waals surface area contributed by atoms with E-state index < -0.39 is 39.1 Å². The molecule has 0 aromatic heterocycles. The molecule has 0 spiro atoms. The average Bonchev–Trinajstić information content (AvgIpc) is 2.87. The predicted octanol–water partition coefficient (Wildman–Crippen LogP) is -2.61. The zero-order valence-electron chi connectivity index (χ0n) is 24.2. The number of phosphoric acid groups is 1. The van der Waals surface area contributed by atoms with Crippen molar-refractivity contribution in [3.8, 4) is 83.4 Å². The van der Waals surface area contributed by atoms with E-state index in [1.54, 1.807) is 0 Å². The number of phosphoric ester groups is 1. The molecule has 42 heavy (non-hydrogen) atoms. The monoisotopic (exact) mass is 637 g/mol. The van der Waals surface area contributed by atoms with Crippen molar-refractivity contribution in [3.63, 3.8) is 0 Å². The van der Waals surface area contributed by atoms with Gasteiger partial charge in [0.2, 0.25) is 5.91 Å². The number of rotatable bonds is 13. The van der Waals surface area contributed by atoms with Gasteiger partial charge in [0, 0.05) is 37.8 Å². The van der Waals surface area contributed by atoms with Gasteiger partial charge in [-0.3, -0.25) is 9.59 Å². The number of unbranched alkanes of at least 4 members (excludes halogenated alkanes) is 5. The molecule has 2 N–H and O–H groups in total. The number of hydrogen-bond donors (Lipinski definition) is 1. The maximum atomic E-state index is 12.0. The minimum absolute atomic E-state index is 0. The second-order valence-corrected chi connectivity index (χ2v) is 8.38. The third-order valence-electron chi connectivity index (χ3n) is 3.71.